The van der Waals surface area contributed by atoms with E-state index in [-0.39, 0.29) is 21.9 Å². The fourth-order valence-corrected chi connectivity index (χ4v) is 5.56. The smallest absolute Gasteiger partial charge is 0.336 e. The Bertz CT molecular complexity index is 1230. The maximum atomic E-state index is 12.7. The Morgan fingerprint density at radius 1 is 1.06 bits per heavy atom. The molecule has 0 aromatic heterocycles. The molecule has 0 saturated carbocycles. The molecule has 1 aromatic carbocycles. The lowest BCUT2D eigenvalue weighted by atomic mass is 9.86. The van der Waals surface area contributed by atoms with Gasteiger partial charge in [0.2, 0.25) is 10.0 Å². The molecule has 0 amide bonds. The van der Waals surface area contributed by atoms with Gasteiger partial charge in [0, 0.05) is 6.54 Å². The van der Waals surface area contributed by atoms with E-state index in [0.29, 0.717) is 24.3 Å². The predicted molar refractivity (Wildman–Crippen MR) is 133 cm³/mol. The molecule has 2 N–H and O–H groups in total. The third-order valence-corrected chi connectivity index (χ3v) is 7.87. The molecule has 0 atom stereocenters. The fraction of sp³-hybridized carbons (Fsp3) is 0.346. The minimum absolute atomic E-state index is 0.0593. The molecule has 33 heavy (non-hydrogen) atoms. The molecule has 0 fully saturated rings. The Labute approximate surface area is 201 Å². The van der Waals surface area contributed by atoms with Crippen LogP contribution in [0.15, 0.2) is 59.5 Å². The van der Waals surface area contributed by atoms with E-state index in [1.807, 2.05) is 38.1 Å². The zero-order valence-electron chi connectivity index (χ0n) is 19.4. The number of nitrogens with one attached hydrogen (secondary N) is 1. The van der Waals surface area contributed by atoms with Crippen LogP contribution in [-0.4, -0.2) is 26.0 Å². The van der Waals surface area contributed by atoms with Crippen molar-refractivity contribution in [2.45, 2.75) is 51.3 Å². The molecule has 0 aliphatic heterocycles. The lowest BCUT2D eigenvalue weighted by Crippen LogP contribution is -2.34. The number of hydrogen-bond donors (Lipinski definition) is 2. The van der Waals surface area contributed by atoms with Gasteiger partial charge in [0.1, 0.15) is 4.90 Å². The number of aromatic carboxylic acids is 1. The van der Waals surface area contributed by atoms with Crippen LogP contribution in [0.5, 0.6) is 0 Å². The van der Waals surface area contributed by atoms with Crippen LogP contribution < -0.4 is 4.72 Å². The van der Waals surface area contributed by atoms with Crippen LogP contribution in [0.2, 0.25) is 5.02 Å². The number of hydrogen-bond acceptors (Lipinski definition) is 3. The average molecular weight is 488 g/mol. The highest BCUT2D eigenvalue weighted by Gasteiger charge is 2.26. The van der Waals surface area contributed by atoms with E-state index >= 15 is 0 Å². The van der Waals surface area contributed by atoms with Gasteiger partial charge in [0.25, 0.3) is 0 Å². The summed E-state index contributed by atoms with van der Waals surface area (Å²) in [5, 5.41) is 9.88. The third-order valence-electron chi connectivity index (χ3n) is 5.96. The lowest BCUT2D eigenvalue weighted by Gasteiger charge is -2.25. The molecule has 5 nitrogen and oxygen atoms in total. The minimum atomic E-state index is -3.73. The van der Waals surface area contributed by atoms with Crippen molar-refractivity contribution in [2.75, 3.05) is 6.54 Å². The molecular weight excluding hydrogens is 458 g/mol. The molecule has 1 aromatic rings. The number of carbonyl (C=O) groups is 1. The topological polar surface area (TPSA) is 83.5 Å². The van der Waals surface area contributed by atoms with Crippen molar-refractivity contribution in [1.29, 1.82) is 0 Å². The van der Waals surface area contributed by atoms with Crippen molar-refractivity contribution in [3.63, 3.8) is 0 Å². The van der Waals surface area contributed by atoms with Gasteiger partial charge in [0.05, 0.1) is 10.6 Å². The Kier molecular flexibility index (Phi) is 7.52. The van der Waals surface area contributed by atoms with Crippen LogP contribution in [0.25, 0.3) is 11.1 Å². The van der Waals surface area contributed by atoms with E-state index < -0.39 is 16.0 Å². The number of rotatable bonds is 9. The Balaban J connectivity index is 1.79. The number of halogens is 1. The first kappa shape index (κ1) is 25.2. The van der Waals surface area contributed by atoms with E-state index in [2.05, 4.69) is 18.6 Å². The van der Waals surface area contributed by atoms with Gasteiger partial charge in [-0.2, -0.15) is 0 Å². The highest BCUT2D eigenvalue weighted by atomic mass is 35.5. The van der Waals surface area contributed by atoms with E-state index in [1.165, 1.54) is 6.07 Å². The van der Waals surface area contributed by atoms with Gasteiger partial charge in [0.15, 0.2) is 0 Å². The van der Waals surface area contributed by atoms with Crippen molar-refractivity contribution < 1.29 is 18.3 Å². The van der Waals surface area contributed by atoms with Crippen LogP contribution in [-0.2, 0) is 16.4 Å². The van der Waals surface area contributed by atoms with Gasteiger partial charge in [-0.3, -0.25) is 0 Å². The Morgan fingerprint density at radius 3 is 2.30 bits per heavy atom. The first-order valence-corrected chi connectivity index (χ1v) is 12.8. The monoisotopic (exact) mass is 487 g/mol. The number of fused-ring (bicyclic) bond motifs is 1. The molecule has 0 radical (unpaired) electrons. The van der Waals surface area contributed by atoms with E-state index in [4.69, 9.17) is 11.6 Å². The maximum Gasteiger partial charge on any atom is 0.336 e. The molecule has 0 bridgehead atoms. The second-order valence-electron chi connectivity index (χ2n) is 9.46. The van der Waals surface area contributed by atoms with Gasteiger partial charge in [-0.1, -0.05) is 75.7 Å². The minimum Gasteiger partial charge on any atom is -0.478 e. The van der Waals surface area contributed by atoms with Crippen molar-refractivity contribution in [3.8, 4) is 11.1 Å². The summed E-state index contributed by atoms with van der Waals surface area (Å²) in [5.41, 5.74) is 3.68. The Hall–Kier alpha value is -2.41. The summed E-state index contributed by atoms with van der Waals surface area (Å²) in [6.45, 7) is 8.41. The summed E-state index contributed by atoms with van der Waals surface area (Å²) in [6.07, 6.45) is 1.30. The standard InChI is InChI=1S/C26H30ClNO4S/c1-17(2)18-9-11-20-19(15-22(25(29)30)21(20)12-10-18)13-14-26(3,4)16-28-33(31,32)24-8-6-5-7-23(24)27/h5-12,15,17,28H,13-14,16H2,1-4H3,(H,29,30). The highest BCUT2D eigenvalue weighted by Crippen LogP contribution is 2.35. The van der Waals surface area contributed by atoms with Gasteiger partial charge >= 0.3 is 5.97 Å². The van der Waals surface area contributed by atoms with Crippen molar-refractivity contribution in [1.82, 2.24) is 4.72 Å². The molecule has 0 spiro atoms. The molecular formula is C26H30ClNO4S. The number of carboxylic acid groups (broad SMARTS) is 1. The van der Waals surface area contributed by atoms with Crippen molar-refractivity contribution >= 4 is 27.6 Å². The summed E-state index contributed by atoms with van der Waals surface area (Å²) >= 11 is 6.06. The first-order valence-electron chi connectivity index (χ1n) is 10.9. The van der Waals surface area contributed by atoms with Crippen LogP contribution in [0, 0.1) is 5.41 Å². The molecule has 0 unspecified atom stereocenters. The summed E-state index contributed by atoms with van der Waals surface area (Å²) in [7, 11) is -3.73. The third kappa shape index (κ3) is 5.94. The Morgan fingerprint density at radius 2 is 1.70 bits per heavy atom. The molecule has 2 aliphatic carbocycles. The quantitative estimate of drug-likeness (QED) is 0.376. The van der Waals surface area contributed by atoms with E-state index in [9.17, 15) is 18.3 Å². The first-order chi connectivity index (χ1) is 15.4. The zero-order valence-corrected chi connectivity index (χ0v) is 20.9. The van der Waals surface area contributed by atoms with Crippen LogP contribution >= 0.6 is 11.6 Å². The van der Waals surface area contributed by atoms with E-state index in [0.717, 1.165) is 22.3 Å². The number of carboxylic acids is 1. The second-order valence-corrected chi connectivity index (χ2v) is 11.6. The molecule has 3 rings (SSSR count). The number of sulfonamides is 1. The predicted octanol–water partition coefficient (Wildman–Crippen LogP) is 6.20. The second kappa shape index (κ2) is 9.84. The zero-order chi connectivity index (χ0) is 24.4. The van der Waals surface area contributed by atoms with Gasteiger partial charge in [-0.05, 0) is 64.6 Å². The number of benzene rings is 1. The molecule has 176 valence electrons. The fourth-order valence-electron chi connectivity index (χ4n) is 3.80. The molecule has 0 heterocycles. The summed E-state index contributed by atoms with van der Waals surface area (Å²) in [6, 6.07) is 16.0. The number of aryl methyl sites for hydroxylation is 1. The summed E-state index contributed by atoms with van der Waals surface area (Å²) < 4.78 is 28.0. The molecule has 2 aliphatic rings. The van der Waals surface area contributed by atoms with Crippen LogP contribution in [0.3, 0.4) is 0 Å². The van der Waals surface area contributed by atoms with Crippen LogP contribution in [0.4, 0.5) is 0 Å². The van der Waals surface area contributed by atoms with Crippen molar-refractivity contribution in [2.24, 2.45) is 5.41 Å². The highest BCUT2D eigenvalue weighted by molar-refractivity contribution is 7.89. The summed E-state index contributed by atoms with van der Waals surface area (Å²) in [4.78, 5) is 11.9. The SMILES string of the molecule is CC(C)c1ccc2c(CCC(C)(C)CNS(=O)(=O)c3ccccc3Cl)cc(C(=O)O)c-2cc1. The average Bonchev–Trinajstić information content (AvgIpc) is 2.94. The largest absolute Gasteiger partial charge is 0.478 e. The molecule has 0 saturated heterocycles. The van der Waals surface area contributed by atoms with Gasteiger partial charge in [-0.25, -0.2) is 17.9 Å². The van der Waals surface area contributed by atoms with Gasteiger partial charge in [-0.15, -0.1) is 0 Å². The maximum absolute atomic E-state index is 12.7. The summed E-state index contributed by atoms with van der Waals surface area (Å²) in [5.74, 6) is -0.612. The lowest BCUT2D eigenvalue weighted by molar-refractivity contribution is 0.0698. The van der Waals surface area contributed by atoms with Crippen LogP contribution in [0.1, 0.15) is 61.5 Å². The van der Waals surface area contributed by atoms with Gasteiger partial charge < -0.3 is 5.11 Å². The normalized spacial score (nSPS) is 12.4. The van der Waals surface area contributed by atoms with Crippen molar-refractivity contribution in [3.05, 3.63) is 76.3 Å². The van der Waals surface area contributed by atoms with E-state index in [1.54, 1.807) is 24.3 Å². The molecule has 7 heteroatoms.